The third-order valence-electron chi connectivity index (χ3n) is 3.00. The van der Waals surface area contributed by atoms with Crippen molar-refractivity contribution in [2.24, 2.45) is 17.8 Å². The Morgan fingerprint density at radius 3 is 1.77 bits per heavy atom. The molecule has 0 aromatic rings. The fourth-order valence-electron chi connectivity index (χ4n) is 2.28. The summed E-state index contributed by atoms with van der Waals surface area (Å²) >= 11 is 1.23. The van der Waals surface area contributed by atoms with Crippen LogP contribution in [-0.4, -0.2) is 36.0 Å². The Hall–Kier alpha value is -1.04. The van der Waals surface area contributed by atoms with Crippen LogP contribution in [0.15, 0.2) is 0 Å². The second-order valence-corrected chi connectivity index (χ2v) is 8.59. The molecule has 6 heteroatoms. The zero-order valence-electron chi connectivity index (χ0n) is 14.6. The molecule has 0 aliphatic carbocycles. The highest BCUT2D eigenvalue weighted by Crippen LogP contribution is 2.32. The maximum Gasteiger partial charge on any atom is 0.320 e. The second-order valence-electron chi connectivity index (χ2n) is 6.70. The zero-order chi connectivity index (χ0) is 17.5. The Balaban J connectivity index is 5.25. The lowest BCUT2D eigenvalue weighted by Gasteiger charge is -2.25. The van der Waals surface area contributed by atoms with Crippen molar-refractivity contribution in [3.05, 3.63) is 0 Å². The van der Waals surface area contributed by atoms with E-state index in [4.69, 9.17) is 9.47 Å². The number of hydrogen-bond donors (Lipinski definition) is 0. The summed E-state index contributed by atoms with van der Waals surface area (Å²) in [6.45, 7) is 9.82. The summed E-state index contributed by atoms with van der Waals surface area (Å²) < 4.78 is 9.24. The topological polar surface area (TPSA) is 69.7 Å². The van der Waals surface area contributed by atoms with Gasteiger partial charge in [-0.3, -0.25) is 14.4 Å². The van der Waals surface area contributed by atoms with Crippen LogP contribution in [0, 0.1) is 17.8 Å². The van der Waals surface area contributed by atoms with Gasteiger partial charge in [-0.1, -0.05) is 46.4 Å². The van der Waals surface area contributed by atoms with Crippen molar-refractivity contribution in [1.82, 2.24) is 0 Å². The van der Waals surface area contributed by atoms with Crippen LogP contribution in [0.3, 0.4) is 0 Å². The van der Waals surface area contributed by atoms with Crippen molar-refractivity contribution in [1.29, 1.82) is 0 Å². The molecule has 0 rings (SSSR count). The largest absolute Gasteiger partial charge is 0.468 e. The lowest BCUT2D eigenvalue weighted by molar-refractivity contribution is -0.162. The fourth-order valence-corrected chi connectivity index (χ4v) is 3.26. The molecule has 0 radical (unpaired) electrons. The number of carbonyl (C=O) groups excluding carboxylic acids is 3. The van der Waals surface area contributed by atoms with Gasteiger partial charge in [-0.2, -0.15) is 0 Å². The average Bonchev–Trinajstić information content (AvgIpc) is 2.35. The van der Waals surface area contributed by atoms with Gasteiger partial charge in [-0.15, -0.1) is 0 Å². The van der Waals surface area contributed by atoms with Gasteiger partial charge >= 0.3 is 11.9 Å². The van der Waals surface area contributed by atoms with E-state index < -0.39 is 23.8 Å². The van der Waals surface area contributed by atoms with Crippen molar-refractivity contribution >= 4 is 28.8 Å². The molecule has 0 bridgehead atoms. The maximum absolute atomic E-state index is 12.2. The number of rotatable bonds is 7. The van der Waals surface area contributed by atoms with Gasteiger partial charge in [0.25, 0.3) is 0 Å². The smallest absolute Gasteiger partial charge is 0.320 e. The van der Waals surface area contributed by atoms with E-state index in [1.54, 1.807) is 0 Å². The van der Waals surface area contributed by atoms with Gasteiger partial charge in [-0.05, 0) is 18.3 Å². The van der Waals surface area contributed by atoms with Crippen LogP contribution in [0.2, 0.25) is 0 Å². The van der Waals surface area contributed by atoms with Crippen molar-refractivity contribution in [2.45, 2.75) is 52.2 Å². The monoisotopic (exact) mass is 332 g/mol. The highest BCUT2D eigenvalue weighted by molar-refractivity contribution is 8.14. The first-order valence-corrected chi connectivity index (χ1v) is 8.21. The van der Waals surface area contributed by atoms with Gasteiger partial charge in [0, 0.05) is 11.2 Å². The normalized spacial score (nSPS) is 13.1. The molecule has 0 aromatic heterocycles. The van der Waals surface area contributed by atoms with E-state index in [-0.39, 0.29) is 22.2 Å². The van der Waals surface area contributed by atoms with Gasteiger partial charge in [0.2, 0.25) is 0 Å². The van der Waals surface area contributed by atoms with Crippen LogP contribution in [0.5, 0.6) is 0 Å². The Morgan fingerprint density at radius 1 is 1.00 bits per heavy atom. The average molecular weight is 332 g/mol. The number of hydrogen-bond acceptors (Lipinski definition) is 6. The third kappa shape index (κ3) is 7.82. The first kappa shape index (κ1) is 21.0. The van der Waals surface area contributed by atoms with E-state index in [9.17, 15) is 14.4 Å². The van der Waals surface area contributed by atoms with Crippen LogP contribution >= 0.6 is 11.8 Å². The molecule has 0 fully saturated rings. The zero-order valence-corrected chi connectivity index (χ0v) is 15.4. The molecule has 0 amide bonds. The minimum atomic E-state index is -1.05. The molecule has 0 aliphatic heterocycles. The molecular weight excluding hydrogens is 304 g/mol. The van der Waals surface area contributed by atoms with E-state index in [2.05, 4.69) is 0 Å². The summed E-state index contributed by atoms with van der Waals surface area (Å²) in [5.41, 5.74) is 0. The first-order chi connectivity index (χ1) is 10.0. The van der Waals surface area contributed by atoms with Crippen molar-refractivity contribution in [3.8, 4) is 0 Å². The molecule has 5 nitrogen and oxygen atoms in total. The van der Waals surface area contributed by atoms with E-state index in [0.717, 1.165) is 0 Å². The third-order valence-corrected chi connectivity index (χ3v) is 4.01. The quantitative estimate of drug-likeness (QED) is 0.527. The molecule has 0 saturated carbocycles. The molecule has 22 heavy (non-hydrogen) atoms. The van der Waals surface area contributed by atoms with E-state index in [1.165, 1.54) is 26.0 Å². The summed E-state index contributed by atoms with van der Waals surface area (Å²) in [6, 6.07) is 0. The van der Waals surface area contributed by atoms with Crippen LogP contribution in [-0.2, 0) is 23.9 Å². The molecule has 0 heterocycles. The lowest BCUT2D eigenvalue weighted by atomic mass is 9.83. The molecule has 0 spiro atoms. The maximum atomic E-state index is 12.2. The molecule has 1 atom stereocenters. The van der Waals surface area contributed by atoms with E-state index >= 15 is 0 Å². The van der Waals surface area contributed by atoms with E-state index in [1.807, 2.05) is 34.6 Å². The van der Waals surface area contributed by atoms with Gasteiger partial charge in [0.1, 0.15) is 0 Å². The molecule has 0 aromatic carbocycles. The molecule has 128 valence electrons. The molecular formula is C16H28O5S. The van der Waals surface area contributed by atoms with Gasteiger partial charge < -0.3 is 9.47 Å². The van der Waals surface area contributed by atoms with Gasteiger partial charge in [0.05, 0.1) is 14.2 Å². The summed E-state index contributed by atoms with van der Waals surface area (Å²) in [7, 11) is 2.47. The first-order valence-electron chi connectivity index (χ1n) is 7.39. The van der Waals surface area contributed by atoms with Crippen molar-refractivity contribution < 1.29 is 23.9 Å². The Morgan fingerprint density at radius 2 is 1.45 bits per heavy atom. The molecule has 0 N–H and O–H groups in total. The second kappa shape index (κ2) is 9.18. The molecule has 0 aliphatic rings. The van der Waals surface area contributed by atoms with E-state index in [0.29, 0.717) is 6.42 Å². The number of thioether (sulfide) groups is 1. The summed E-state index contributed by atoms with van der Waals surface area (Å²) in [5, 5.41) is -0.0315. The summed E-state index contributed by atoms with van der Waals surface area (Å²) in [4.78, 5) is 36.2. The standard InChI is InChI=1S/C16H28O5S/c1-10(2)8-11(9-12(17)22-16(3,4)5)13(14(18)20-6)15(19)21-7/h10-11,13H,8-9H2,1-7H3. The SMILES string of the molecule is COC(=O)C(C(=O)OC)C(CC(=O)SC(C)(C)C)CC(C)C. The fraction of sp³-hybridized carbons (Fsp3) is 0.812. The highest BCUT2D eigenvalue weighted by atomic mass is 32.2. The predicted molar refractivity (Wildman–Crippen MR) is 87.4 cm³/mol. The van der Waals surface area contributed by atoms with Crippen LogP contribution < -0.4 is 0 Å². The van der Waals surface area contributed by atoms with Crippen LogP contribution in [0.1, 0.15) is 47.5 Å². The number of ether oxygens (including phenoxy) is 2. The Kier molecular flexibility index (Phi) is 8.74. The van der Waals surface area contributed by atoms with Crippen molar-refractivity contribution in [2.75, 3.05) is 14.2 Å². The van der Waals surface area contributed by atoms with Crippen LogP contribution in [0.25, 0.3) is 0 Å². The lowest BCUT2D eigenvalue weighted by Crippen LogP contribution is -2.35. The highest BCUT2D eigenvalue weighted by Gasteiger charge is 2.38. The minimum Gasteiger partial charge on any atom is -0.468 e. The predicted octanol–water partition coefficient (Wildman–Crippen LogP) is 3.06. The summed E-state index contributed by atoms with van der Waals surface area (Å²) in [5.74, 6) is -2.52. The number of methoxy groups -OCH3 is 2. The van der Waals surface area contributed by atoms with Crippen molar-refractivity contribution in [3.63, 3.8) is 0 Å². The minimum absolute atomic E-state index is 0.0315. The Bertz CT molecular complexity index is 382. The van der Waals surface area contributed by atoms with Gasteiger partial charge in [0.15, 0.2) is 11.0 Å². The number of esters is 2. The van der Waals surface area contributed by atoms with Crippen LogP contribution in [0.4, 0.5) is 0 Å². The molecule has 0 saturated heterocycles. The number of carbonyl (C=O) groups is 3. The Labute approximate surface area is 137 Å². The molecule has 1 unspecified atom stereocenters. The summed E-state index contributed by atoms with van der Waals surface area (Å²) in [6.07, 6.45) is 0.723. The van der Waals surface area contributed by atoms with Gasteiger partial charge in [-0.25, -0.2) is 0 Å².